The number of halogens is 2. The molecule has 0 saturated carbocycles. The molecule has 1 amide bonds. The van der Waals surface area contributed by atoms with E-state index in [1.165, 1.54) is 11.0 Å². The zero-order valence-corrected chi connectivity index (χ0v) is 11.2. The summed E-state index contributed by atoms with van der Waals surface area (Å²) < 4.78 is 25.9. The first kappa shape index (κ1) is 14.6. The minimum absolute atomic E-state index is 0.0411. The number of carbonyl (C=O) groups is 2. The summed E-state index contributed by atoms with van der Waals surface area (Å²) >= 11 is 0. The maximum absolute atomic E-state index is 13.1. The molecule has 1 fully saturated rings. The lowest BCUT2D eigenvalue weighted by Crippen LogP contribution is -2.37. The van der Waals surface area contributed by atoms with Crippen molar-refractivity contribution in [2.24, 2.45) is 0 Å². The molecule has 108 valence electrons. The van der Waals surface area contributed by atoms with Crippen LogP contribution in [0.15, 0.2) is 18.2 Å². The fourth-order valence-electron chi connectivity index (χ4n) is 2.32. The van der Waals surface area contributed by atoms with Gasteiger partial charge in [0.1, 0.15) is 0 Å². The first-order valence-corrected chi connectivity index (χ1v) is 6.84. The number of likely N-dealkylation sites (tertiary alicyclic amines) is 1. The molecule has 0 bridgehead atoms. The Kier molecular flexibility index (Phi) is 4.82. The summed E-state index contributed by atoms with van der Waals surface area (Å²) in [7, 11) is 0. The second kappa shape index (κ2) is 6.59. The van der Waals surface area contributed by atoms with Crippen molar-refractivity contribution in [2.75, 3.05) is 13.1 Å². The Bertz CT molecular complexity index is 517. The van der Waals surface area contributed by atoms with Crippen LogP contribution in [-0.4, -0.2) is 29.7 Å². The fourth-order valence-corrected chi connectivity index (χ4v) is 2.32. The standard InChI is InChI=1S/C15H17F2NO2/c16-12-7-6-11(9-13(12)17)14(19)10-18-8-4-2-1-3-5-15(18)20/h6-7,9H,1-5,8,10H2. The number of nitrogens with zero attached hydrogens (tertiary/aromatic N) is 1. The summed E-state index contributed by atoms with van der Waals surface area (Å²) in [5, 5.41) is 0. The van der Waals surface area contributed by atoms with Gasteiger partial charge in [0.25, 0.3) is 0 Å². The van der Waals surface area contributed by atoms with Crippen LogP contribution in [0.3, 0.4) is 0 Å². The summed E-state index contributed by atoms with van der Waals surface area (Å²) in [6.45, 7) is 0.484. The molecule has 0 atom stereocenters. The molecular weight excluding hydrogens is 264 g/mol. The van der Waals surface area contributed by atoms with Crippen LogP contribution in [0.4, 0.5) is 8.78 Å². The number of hydrogen-bond acceptors (Lipinski definition) is 2. The van der Waals surface area contributed by atoms with Gasteiger partial charge in [-0.25, -0.2) is 8.78 Å². The van der Waals surface area contributed by atoms with Crippen LogP contribution in [0.25, 0.3) is 0 Å². The fraction of sp³-hybridized carbons (Fsp3) is 0.467. The van der Waals surface area contributed by atoms with Gasteiger partial charge in [-0.3, -0.25) is 9.59 Å². The number of benzene rings is 1. The number of carbonyl (C=O) groups excluding carboxylic acids is 2. The lowest BCUT2D eigenvalue weighted by atomic mass is 10.1. The Morgan fingerprint density at radius 2 is 1.85 bits per heavy atom. The Morgan fingerprint density at radius 3 is 2.60 bits per heavy atom. The van der Waals surface area contributed by atoms with Crippen LogP contribution in [-0.2, 0) is 4.79 Å². The van der Waals surface area contributed by atoms with Crippen molar-refractivity contribution >= 4 is 11.7 Å². The van der Waals surface area contributed by atoms with Gasteiger partial charge in [0.15, 0.2) is 17.4 Å². The topological polar surface area (TPSA) is 37.4 Å². The minimum atomic E-state index is -1.05. The highest BCUT2D eigenvalue weighted by atomic mass is 19.2. The largest absolute Gasteiger partial charge is 0.335 e. The molecule has 0 aliphatic carbocycles. The first-order valence-electron chi connectivity index (χ1n) is 6.84. The zero-order chi connectivity index (χ0) is 14.5. The lowest BCUT2D eigenvalue weighted by Gasteiger charge is -2.24. The van der Waals surface area contributed by atoms with E-state index in [0.29, 0.717) is 13.0 Å². The van der Waals surface area contributed by atoms with E-state index in [1.807, 2.05) is 0 Å². The van der Waals surface area contributed by atoms with E-state index >= 15 is 0 Å². The normalized spacial score (nSPS) is 16.7. The Morgan fingerprint density at radius 1 is 1.10 bits per heavy atom. The monoisotopic (exact) mass is 281 g/mol. The van der Waals surface area contributed by atoms with Gasteiger partial charge in [0.2, 0.25) is 5.91 Å². The second-order valence-corrected chi connectivity index (χ2v) is 5.03. The van der Waals surface area contributed by atoms with Gasteiger partial charge < -0.3 is 4.90 Å². The highest BCUT2D eigenvalue weighted by Crippen LogP contribution is 2.14. The summed E-state index contributed by atoms with van der Waals surface area (Å²) in [6, 6.07) is 3.05. The molecule has 1 aliphatic heterocycles. The van der Waals surface area contributed by atoms with Crippen LogP contribution >= 0.6 is 0 Å². The van der Waals surface area contributed by atoms with Gasteiger partial charge in [0.05, 0.1) is 6.54 Å². The average Bonchev–Trinajstić information content (AvgIpc) is 2.41. The molecule has 0 N–H and O–H groups in total. The molecule has 20 heavy (non-hydrogen) atoms. The van der Waals surface area contributed by atoms with E-state index in [-0.39, 0.29) is 23.8 Å². The third-order valence-electron chi connectivity index (χ3n) is 3.50. The molecule has 0 aromatic heterocycles. The summed E-state index contributed by atoms with van der Waals surface area (Å²) in [4.78, 5) is 25.4. The SMILES string of the molecule is O=C(CN1CCCCCCC1=O)c1ccc(F)c(F)c1. The van der Waals surface area contributed by atoms with Gasteiger partial charge in [-0.1, -0.05) is 12.8 Å². The molecule has 0 radical (unpaired) electrons. The number of Topliss-reactive ketones (excluding diaryl/α,β-unsaturated/α-hetero) is 1. The van der Waals surface area contributed by atoms with Gasteiger partial charge in [-0.15, -0.1) is 0 Å². The predicted octanol–water partition coefficient (Wildman–Crippen LogP) is 2.94. The first-order chi connectivity index (χ1) is 9.58. The maximum atomic E-state index is 13.1. The van der Waals surface area contributed by atoms with Crippen molar-refractivity contribution in [1.82, 2.24) is 4.90 Å². The minimum Gasteiger partial charge on any atom is -0.335 e. The zero-order valence-electron chi connectivity index (χ0n) is 11.2. The predicted molar refractivity (Wildman–Crippen MR) is 70.4 cm³/mol. The van der Waals surface area contributed by atoms with Crippen LogP contribution in [0, 0.1) is 11.6 Å². The van der Waals surface area contributed by atoms with Crippen molar-refractivity contribution in [3.05, 3.63) is 35.4 Å². The van der Waals surface area contributed by atoms with E-state index < -0.39 is 11.6 Å². The molecule has 1 heterocycles. The van der Waals surface area contributed by atoms with E-state index in [2.05, 4.69) is 0 Å². The van der Waals surface area contributed by atoms with Gasteiger partial charge in [-0.05, 0) is 31.0 Å². The summed E-state index contributed by atoms with van der Waals surface area (Å²) in [6.07, 6.45) is 4.25. The number of amides is 1. The highest BCUT2D eigenvalue weighted by Gasteiger charge is 2.19. The molecule has 1 aliphatic rings. The van der Waals surface area contributed by atoms with Crippen molar-refractivity contribution < 1.29 is 18.4 Å². The Labute approximate surface area is 116 Å². The maximum Gasteiger partial charge on any atom is 0.222 e. The quantitative estimate of drug-likeness (QED) is 0.799. The summed E-state index contributed by atoms with van der Waals surface area (Å²) in [5.74, 6) is -2.43. The van der Waals surface area contributed by atoms with Crippen LogP contribution in [0.2, 0.25) is 0 Å². The van der Waals surface area contributed by atoms with E-state index in [9.17, 15) is 18.4 Å². The second-order valence-electron chi connectivity index (χ2n) is 5.03. The Balaban J connectivity index is 2.05. The molecule has 3 nitrogen and oxygen atoms in total. The van der Waals surface area contributed by atoms with Gasteiger partial charge in [0, 0.05) is 18.5 Å². The molecule has 1 aromatic carbocycles. The number of hydrogen-bond donors (Lipinski definition) is 0. The lowest BCUT2D eigenvalue weighted by molar-refractivity contribution is -0.131. The van der Waals surface area contributed by atoms with Crippen molar-refractivity contribution in [2.45, 2.75) is 32.1 Å². The van der Waals surface area contributed by atoms with Crippen molar-refractivity contribution in [1.29, 1.82) is 0 Å². The molecule has 1 saturated heterocycles. The molecule has 0 spiro atoms. The number of rotatable bonds is 3. The summed E-state index contributed by atoms with van der Waals surface area (Å²) in [5.41, 5.74) is 0.0961. The average molecular weight is 281 g/mol. The molecular formula is C15H17F2NO2. The van der Waals surface area contributed by atoms with Gasteiger partial charge >= 0.3 is 0 Å². The van der Waals surface area contributed by atoms with Crippen molar-refractivity contribution in [3.8, 4) is 0 Å². The molecule has 0 unspecified atom stereocenters. The van der Waals surface area contributed by atoms with E-state index in [1.54, 1.807) is 0 Å². The smallest absolute Gasteiger partial charge is 0.222 e. The molecule has 1 aromatic rings. The van der Waals surface area contributed by atoms with Crippen LogP contribution < -0.4 is 0 Å². The van der Waals surface area contributed by atoms with Crippen LogP contribution in [0.1, 0.15) is 42.5 Å². The van der Waals surface area contributed by atoms with Crippen LogP contribution in [0.5, 0.6) is 0 Å². The number of ketones is 1. The molecule has 2 rings (SSSR count). The van der Waals surface area contributed by atoms with Crippen molar-refractivity contribution in [3.63, 3.8) is 0 Å². The van der Waals surface area contributed by atoms with E-state index in [0.717, 1.165) is 37.8 Å². The third-order valence-corrected chi connectivity index (χ3v) is 3.50. The third kappa shape index (κ3) is 3.62. The van der Waals surface area contributed by atoms with E-state index in [4.69, 9.17) is 0 Å². The highest BCUT2D eigenvalue weighted by molar-refractivity contribution is 5.99. The van der Waals surface area contributed by atoms with Gasteiger partial charge in [-0.2, -0.15) is 0 Å². The molecule has 5 heteroatoms. The Hall–Kier alpha value is -1.78.